The standard InChI is InChI=1S/C13H18N2O3/c1-9-3-4-12(15(16)17)8-13(9)14-11-5-6-18-10(2)7-11/h3-4,8,10-11,14H,5-7H2,1-2H3. The van der Waals surface area contributed by atoms with Crippen LogP contribution in [-0.4, -0.2) is 23.7 Å². The molecule has 0 bridgehead atoms. The highest BCUT2D eigenvalue weighted by Crippen LogP contribution is 2.25. The maximum absolute atomic E-state index is 10.8. The molecule has 0 amide bonds. The molecule has 0 radical (unpaired) electrons. The van der Waals surface area contributed by atoms with E-state index in [9.17, 15) is 10.1 Å². The first-order valence-electron chi connectivity index (χ1n) is 6.19. The Kier molecular flexibility index (Phi) is 3.81. The van der Waals surface area contributed by atoms with Crippen molar-refractivity contribution in [2.45, 2.75) is 38.8 Å². The molecule has 1 aromatic carbocycles. The van der Waals surface area contributed by atoms with Crippen molar-refractivity contribution in [3.8, 4) is 0 Å². The fraction of sp³-hybridized carbons (Fsp3) is 0.538. The maximum Gasteiger partial charge on any atom is 0.271 e. The van der Waals surface area contributed by atoms with E-state index in [1.54, 1.807) is 12.1 Å². The number of rotatable bonds is 3. The summed E-state index contributed by atoms with van der Waals surface area (Å²) in [5.41, 5.74) is 2.01. The quantitative estimate of drug-likeness (QED) is 0.661. The summed E-state index contributed by atoms with van der Waals surface area (Å²) in [6, 6.07) is 5.25. The summed E-state index contributed by atoms with van der Waals surface area (Å²) in [6.45, 7) is 4.75. The van der Waals surface area contributed by atoms with Crippen LogP contribution in [0.4, 0.5) is 11.4 Å². The molecule has 1 N–H and O–H groups in total. The zero-order valence-corrected chi connectivity index (χ0v) is 10.7. The van der Waals surface area contributed by atoms with Gasteiger partial charge in [-0.05, 0) is 32.3 Å². The molecule has 1 aliphatic rings. The average Bonchev–Trinajstić information content (AvgIpc) is 2.31. The van der Waals surface area contributed by atoms with Crippen LogP contribution in [0.5, 0.6) is 0 Å². The molecule has 2 atom stereocenters. The molecule has 1 aromatic rings. The van der Waals surface area contributed by atoms with Gasteiger partial charge < -0.3 is 10.1 Å². The lowest BCUT2D eigenvalue weighted by Gasteiger charge is -2.29. The number of ether oxygens (including phenoxy) is 1. The van der Waals surface area contributed by atoms with Gasteiger partial charge >= 0.3 is 0 Å². The fourth-order valence-corrected chi connectivity index (χ4v) is 2.23. The number of non-ortho nitro benzene ring substituents is 1. The predicted octanol–water partition coefficient (Wildman–Crippen LogP) is 2.88. The van der Waals surface area contributed by atoms with E-state index in [0.29, 0.717) is 6.04 Å². The Bertz CT molecular complexity index is 448. The highest BCUT2D eigenvalue weighted by atomic mass is 16.6. The molecule has 1 saturated heterocycles. The van der Waals surface area contributed by atoms with Crippen LogP contribution in [0.1, 0.15) is 25.3 Å². The molecule has 18 heavy (non-hydrogen) atoms. The Morgan fingerprint density at radius 1 is 1.50 bits per heavy atom. The van der Waals surface area contributed by atoms with Gasteiger partial charge in [0, 0.05) is 30.5 Å². The Morgan fingerprint density at radius 2 is 2.28 bits per heavy atom. The number of benzene rings is 1. The third-order valence-corrected chi connectivity index (χ3v) is 3.28. The minimum absolute atomic E-state index is 0.128. The lowest BCUT2D eigenvalue weighted by Crippen LogP contribution is -2.32. The van der Waals surface area contributed by atoms with Gasteiger partial charge in [0.1, 0.15) is 0 Å². The van der Waals surface area contributed by atoms with Crippen LogP contribution in [0.2, 0.25) is 0 Å². The van der Waals surface area contributed by atoms with Crippen molar-refractivity contribution >= 4 is 11.4 Å². The van der Waals surface area contributed by atoms with E-state index in [1.165, 1.54) is 6.07 Å². The van der Waals surface area contributed by atoms with Gasteiger partial charge in [0.15, 0.2) is 0 Å². The van der Waals surface area contributed by atoms with Crippen LogP contribution in [0.3, 0.4) is 0 Å². The predicted molar refractivity (Wildman–Crippen MR) is 69.9 cm³/mol. The number of aryl methyl sites for hydroxylation is 1. The second-order valence-electron chi connectivity index (χ2n) is 4.80. The van der Waals surface area contributed by atoms with E-state index in [-0.39, 0.29) is 16.7 Å². The van der Waals surface area contributed by atoms with Crippen molar-refractivity contribution < 1.29 is 9.66 Å². The van der Waals surface area contributed by atoms with E-state index < -0.39 is 0 Å². The molecule has 1 aliphatic heterocycles. The second-order valence-corrected chi connectivity index (χ2v) is 4.80. The molecular formula is C13H18N2O3. The van der Waals surface area contributed by atoms with Crippen molar-refractivity contribution in [1.82, 2.24) is 0 Å². The monoisotopic (exact) mass is 250 g/mol. The summed E-state index contributed by atoms with van der Waals surface area (Å²) in [7, 11) is 0. The molecule has 5 nitrogen and oxygen atoms in total. The van der Waals surface area contributed by atoms with Crippen molar-refractivity contribution in [1.29, 1.82) is 0 Å². The van der Waals surface area contributed by atoms with Gasteiger partial charge in [0.05, 0.1) is 11.0 Å². The highest BCUT2D eigenvalue weighted by molar-refractivity contribution is 5.57. The van der Waals surface area contributed by atoms with E-state index in [0.717, 1.165) is 30.7 Å². The normalized spacial score (nSPS) is 23.7. The Labute approximate surface area is 106 Å². The number of nitro groups is 1. The molecule has 1 heterocycles. The third-order valence-electron chi connectivity index (χ3n) is 3.28. The number of nitrogens with zero attached hydrogens (tertiary/aromatic N) is 1. The number of hydrogen-bond acceptors (Lipinski definition) is 4. The number of nitro benzene ring substituents is 1. The van der Waals surface area contributed by atoms with Crippen LogP contribution in [0.15, 0.2) is 18.2 Å². The summed E-state index contributed by atoms with van der Waals surface area (Å²) in [5.74, 6) is 0. The zero-order chi connectivity index (χ0) is 13.1. The third kappa shape index (κ3) is 2.98. The summed E-state index contributed by atoms with van der Waals surface area (Å²) in [4.78, 5) is 10.4. The number of hydrogen-bond donors (Lipinski definition) is 1. The minimum Gasteiger partial charge on any atom is -0.382 e. The fourth-order valence-electron chi connectivity index (χ4n) is 2.23. The van der Waals surface area contributed by atoms with E-state index >= 15 is 0 Å². The van der Waals surface area contributed by atoms with Crippen LogP contribution in [0, 0.1) is 17.0 Å². The summed E-state index contributed by atoms with van der Waals surface area (Å²) in [5, 5.41) is 14.2. The molecule has 0 aliphatic carbocycles. The molecular weight excluding hydrogens is 232 g/mol. The largest absolute Gasteiger partial charge is 0.382 e. The van der Waals surface area contributed by atoms with Crippen LogP contribution >= 0.6 is 0 Å². The summed E-state index contributed by atoms with van der Waals surface area (Å²) >= 11 is 0. The van der Waals surface area contributed by atoms with Crippen molar-refractivity contribution in [3.05, 3.63) is 33.9 Å². The van der Waals surface area contributed by atoms with Gasteiger partial charge in [-0.3, -0.25) is 10.1 Å². The lowest BCUT2D eigenvalue weighted by molar-refractivity contribution is -0.384. The molecule has 2 unspecified atom stereocenters. The van der Waals surface area contributed by atoms with Crippen molar-refractivity contribution in [3.63, 3.8) is 0 Å². The first kappa shape index (κ1) is 12.8. The van der Waals surface area contributed by atoms with E-state index in [1.807, 2.05) is 13.8 Å². The van der Waals surface area contributed by atoms with Gasteiger partial charge in [0.25, 0.3) is 5.69 Å². The van der Waals surface area contributed by atoms with Gasteiger partial charge in [-0.15, -0.1) is 0 Å². The van der Waals surface area contributed by atoms with Gasteiger partial charge in [-0.25, -0.2) is 0 Å². The van der Waals surface area contributed by atoms with Crippen molar-refractivity contribution in [2.75, 3.05) is 11.9 Å². The average molecular weight is 250 g/mol. The second kappa shape index (κ2) is 5.35. The molecule has 98 valence electrons. The van der Waals surface area contributed by atoms with Gasteiger partial charge in [-0.2, -0.15) is 0 Å². The van der Waals surface area contributed by atoms with Crippen molar-refractivity contribution in [2.24, 2.45) is 0 Å². The Hall–Kier alpha value is -1.62. The molecule has 5 heteroatoms. The minimum atomic E-state index is -0.364. The highest BCUT2D eigenvalue weighted by Gasteiger charge is 2.20. The number of anilines is 1. The molecule has 0 saturated carbocycles. The zero-order valence-electron chi connectivity index (χ0n) is 10.7. The number of nitrogens with one attached hydrogen (secondary N) is 1. The molecule has 2 rings (SSSR count). The topological polar surface area (TPSA) is 64.4 Å². The summed E-state index contributed by atoms with van der Waals surface area (Å²) < 4.78 is 5.49. The van der Waals surface area contributed by atoms with Crippen LogP contribution in [0.25, 0.3) is 0 Å². The van der Waals surface area contributed by atoms with Crippen LogP contribution in [-0.2, 0) is 4.74 Å². The Balaban J connectivity index is 2.12. The smallest absolute Gasteiger partial charge is 0.271 e. The van der Waals surface area contributed by atoms with Gasteiger partial charge in [0.2, 0.25) is 0 Å². The lowest BCUT2D eigenvalue weighted by atomic mass is 10.0. The van der Waals surface area contributed by atoms with Gasteiger partial charge in [-0.1, -0.05) is 6.07 Å². The van der Waals surface area contributed by atoms with E-state index in [4.69, 9.17) is 4.74 Å². The first-order valence-corrected chi connectivity index (χ1v) is 6.19. The summed E-state index contributed by atoms with van der Waals surface area (Å²) in [6.07, 6.45) is 2.12. The maximum atomic E-state index is 10.8. The van der Waals surface area contributed by atoms with E-state index in [2.05, 4.69) is 5.32 Å². The molecule has 0 spiro atoms. The van der Waals surface area contributed by atoms with Crippen LogP contribution < -0.4 is 5.32 Å². The SMILES string of the molecule is Cc1ccc([N+](=O)[O-])cc1NC1CCOC(C)C1. The Morgan fingerprint density at radius 3 is 2.94 bits per heavy atom. The molecule has 0 aromatic heterocycles. The molecule has 1 fully saturated rings. The first-order chi connectivity index (χ1) is 8.56.